The van der Waals surface area contributed by atoms with E-state index in [1.807, 2.05) is 22.6 Å². The second-order valence-electron chi connectivity index (χ2n) is 9.36. The zero-order valence-corrected chi connectivity index (χ0v) is 24.5. The number of aryl methyl sites for hydroxylation is 1. The maximum absolute atomic E-state index is 14.9. The van der Waals surface area contributed by atoms with E-state index in [1.54, 1.807) is 6.07 Å². The van der Waals surface area contributed by atoms with Gasteiger partial charge in [0.1, 0.15) is 17.0 Å². The molecule has 0 saturated carbocycles. The Morgan fingerprint density at radius 2 is 1.65 bits per heavy atom. The fraction of sp³-hybridized carbons (Fsp3) is 0.0690. The number of carbonyl (C=O) groups excluding carboxylic acids is 2. The molecule has 5 rings (SSSR count). The molecule has 0 aliphatic rings. The Hall–Kier alpha value is -5.12. The summed E-state index contributed by atoms with van der Waals surface area (Å²) in [5.74, 6) is -3.63. The first kappa shape index (κ1) is 29.4. The van der Waals surface area contributed by atoms with Crippen LogP contribution in [0.15, 0.2) is 75.0 Å². The van der Waals surface area contributed by atoms with E-state index in [-0.39, 0.29) is 51.3 Å². The van der Waals surface area contributed by atoms with Gasteiger partial charge in [0.25, 0.3) is 17.0 Å². The molecule has 0 atom stereocenters. The van der Waals surface area contributed by atoms with Crippen LogP contribution in [-0.2, 0) is 16.6 Å². The van der Waals surface area contributed by atoms with E-state index in [2.05, 4.69) is 10.6 Å². The third-order valence-electron chi connectivity index (χ3n) is 6.67. The average Bonchev–Trinajstić information content (AvgIpc) is 2.97. The number of benzene rings is 3. The lowest BCUT2D eigenvalue weighted by Gasteiger charge is -2.21. The second-order valence-corrected chi connectivity index (χ2v) is 10.6. The molecule has 0 radical (unpaired) electrons. The number of hydrogen-bond acceptors (Lipinski definition) is 7. The smallest absolute Gasteiger partial charge is 0.340 e. The van der Waals surface area contributed by atoms with Crippen LogP contribution in [0.1, 0.15) is 5.56 Å². The Morgan fingerprint density at radius 1 is 0.930 bits per heavy atom. The molecule has 0 fully saturated rings. The predicted octanol–water partition coefficient (Wildman–Crippen LogP) is 3.62. The van der Waals surface area contributed by atoms with Crippen molar-refractivity contribution in [2.24, 2.45) is 7.05 Å². The largest absolute Gasteiger partial charge is 0.505 e. The van der Waals surface area contributed by atoms with Crippen LogP contribution in [0, 0.1) is 22.1 Å². The second kappa shape index (κ2) is 11.3. The van der Waals surface area contributed by atoms with E-state index >= 15 is 0 Å². The van der Waals surface area contributed by atoms with Gasteiger partial charge in [-0.2, -0.15) is 0 Å². The summed E-state index contributed by atoms with van der Waals surface area (Å²) in [4.78, 5) is 64.4. The van der Waals surface area contributed by atoms with Crippen molar-refractivity contribution in [1.82, 2.24) is 13.7 Å². The van der Waals surface area contributed by atoms with Crippen LogP contribution in [0.5, 0.6) is 5.75 Å². The highest BCUT2D eigenvalue weighted by atomic mass is 127. The summed E-state index contributed by atoms with van der Waals surface area (Å²) in [5, 5.41) is 14.6. The van der Waals surface area contributed by atoms with Crippen molar-refractivity contribution >= 4 is 62.9 Å². The van der Waals surface area contributed by atoms with Crippen molar-refractivity contribution in [1.29, 1.82) is 0 Å². The molecule has 43 heavy (non-hydrogen) atoms. The first-order valence-electron chi connectivity index (χ1n) is 12.4. The minimum atomic E-state index is -1.11. The lowest BCUT2D eigenvalue weighted by Crippen LogP contribution is -2.40. The summed E-state index contributed by atoms with van der Waals surface area (Å²) >= 11 is 1.92. The number of pyridine rings is 1. The number of phenols is 1. The number of aldehydes is 1. The predicted molar refractivity (Wildman–Crippen MR) is 164 cm³/mol. The quantitative estimate of drug-likeness (QED) is 0.140. The van der Waals surface area contributed by atoms with Crippen LogP contribution in [0.3, 0.4) is 0 Å². The first-order valence-corrected chi connectivity index (χ1v) is 13.5. The van der Waals surface area contributed by atoms with E-state index in [4.69, 9.17) is 0 Å². The fourth-order valence-electron chi connectivity index (χ4n) is 4.66. The number of carbonyl (C=O) groups is 2. The van der Waals surface area contributed by atoms with Crippen LogP contribution in [0.25, 0.3) is 22.3 Å². The molecule has 0 unspecified atom stereocenters. The number of hydrogen-bond donors (Lipinski definition) is 3. The number of halogens is 3. The zero-order chi connectivity index (χ0) is 31.2. The molecule has 5 aromatic rings. The standard InChI is InChI=1S/C29H20F2IN5O6/c1-14-25-24(26(35(2)27(14)41)34-21-8-6-15(32)10-19(21)30)28(42)37(18-7-9-22(39)20(31)12-18)29(43)36(25)17-5-3-4-16(11-17)33-23(40)13-38/h3-13,34,39H,1-2H3,(H,33,40). The van der Waals surface area contributed by atoms with Gasteiger partial charge in [-0.05, 0) is 78.0 Å². The average molecular weight is 699 g/mol. The van der Waals surface area contributed by atoms with Crippen LogP contribution in [-0.4, -0.2) is 31.0 Å². The molecular weight excluding hydrogens is 679 g/mol. The first-order chi connectivity index (χ1) is 20.4. The number of aromatic hydroxyl groups is 1. The van der Waals surface area contributed by atoms with Crippen molar-refractivity contribution < 1.29 is 23.5 Å². The molecule has 0 saturated heterocycles. The Morgan fingerprint density at radius 3 is 2.33 bits per heavy atom. The van der Waals surface area contributed by atoms with Gasteiger partial charge in [0.2, 0.25) is 6.29 Å². The van der Waals surface area contributed by atoms with Crippen molar-refractivity contribution in [2.45, 2.75) is 6.92 Å². The molecule has 3 N–H and O–H groups in total. The van der Waals surface area contributed by atoms with Crippen molar-refractivity contribution in [2.75, 3.05) is 10.6 Å². The number of aromatic nitrogens is 3. The molecule has 0 aliphatic carbocycles. The van der Waals surface area contributed by atoms with Gasteiger partial charge in [-0.1, -0.05) is 6.07 Å². The Kier molecular flexibility index (Phi) is 7.71. The van der Waals surface area contributed by atoms with Crippen LogP contribution < -0.4 is 27.4 Å². The van der Waals surface area contributed by atoms with E-state index < -0.39 is 40.1 Å². The van der Waals surface area contributed by atoms with Crippen molar-refractivity contribution in [3.63, 3.8) is 0 Å². The molecular formula is C29H20F2IN5O6. The van der Waals surface area contributed by atoms with Gasteiger partial charge in [-0.3, -0.25) is 28.3 Å². The number of rotatable bonds is 6. The van der Waals surface area contributed by atoms with Gasteiger partial charge >= 0.3 is 5.69 Å². The van der Waals surface area contributed by atoms with Gasteiger partial charge in [0.05, 0.1) is 22.6 Å². The summed E-state index contributed by atoms with van der Waals surface area (Å²) < 4.78 is 32.7. The number of nitrogens with zero attached hydrogens (tertiary/aromatic N) is 3. The highest BCUT2D eigenvalue weighted by Gasteiger charge is 2.25. The molecule has 11 nitrogen and oxygen atoms in total. The monoisotopic (exact) mass is 699 g/mol. The van der Waals surface area contributed by atoms with Crippen LogP contribution in [0.4, 0.5) is 26.0 Å². The van der Waals surface area contributed by atoms with E-state index in [0.29, 0.717) is 8.14 Å². The minimum Gasteiger partial charge on any atom is -0.505 e. The Labute approximate surface area is 253 Å². The van der Waals surface area contributed by atoms with E-state index in [9.17, 15) is 37.9 Å². The molecule has 0 bridgehead atoms. The molecule has 3 aromatic carbocycles. The summed E-state index contributed by atoms with van der Waals surface area (Å²) in [6.07, 6.45) is 0.0589. The van der Waals surface area contributed by atoms with Crippen molar-refractivity contribution in [3.05, 3.63) is 113 Å². The van der Waals surface area contributed by atoms with Crippen LogP contribution >= 0.6 is 22.6 Å². The highest BCUT2D eigenvalue weighted by molar-refractivity contribution is 14.1. The van der Waals surface area contributed by atoms with Crippen molar-refractivity contribution in [3.8, 4) is 17.1 Å². The molecule has 0 spiro atoms. The summed E-state index contributed by atoms with van der Waals surface area (Å²) in [6.45, 7) is 1.40. The molecule has 14 heteroatoms. The SMILES string of the molecule is Cc1c(=O)n(C)c(Nc2ccc(I)cc2F)c2c(=O)n(-c3ccc(O)c(F)c3)c(=O)n(-c3cccc(NC(=O)C=O)c3)c12. The molecule has 2 heterocycles. The Bertz CT molecular complexity index is 2170. The molecule has 218 valence electrons. The third kappa shape index (κ3) is 5.20. The van der Waals surface area contributed by atoms with Gasteiger partial charge in [0, 0.05) is 27.9 Å². The number of anilines is 3. The highest BCUT2D eigenvalue weighted by Crippen LogP contribution is 2.28. The van der Waals surface area contributed by atoms with Gasteiger partial charge in [-0.25, -0.2) is 18.1 Å². The van der Waals surface area contributed by atoms with Gasteiger partial charge in [-0.15, -0.1) is 0 Å². The van der Waals surface area contributed by atoms with Gasteiger partial charge in [0.15, 0.2) is 11.6 Å². The number of nitrogens with one attached hydrogen (secondary N) is 2. The van der Waals surface area contributed by atoms with E-state index in [0.717, 1.165) is 27.3 Å². The van der Waals surface area contributed by atoms with Crippen LogP contribution in [0.2, 0.25) is 0 Å². The Balaban J connectivity index is 1.96. The number of phenolic OH excluding ortho intramolecular Hbond substituents is 1. The maximum Gasteiger partial charge on any atom is 0.340 e. The summed E-state index contributed by atoms with van der Waals surface area (Å²) in [5.41, 5.74) is -2.91. The maximum atomic E-state index is 14.9. The lowest BCUT2D eigenvalue weighted by molar-refractivity contribution is -0.127. The zero-order valence-electron chi connectivity index (χ0n) is 22.3. The summed E-state index contributed by atoms with van der Waals surface area (Å²) in [7, 11) is 1.36. The summed E-state index contributed by atoms with van der Waals surface area (Å²) in [6, 6.07) is 12.8. The fourth-order valence-corrected chi connectivity index (χ4v) is 5.11. The molecule has 0 aliphatic heterocycles. The third-order valence-corrected chi connectivity index (χ3v) is 7.34. The molecule has 2 aromatic heterocycles. The normalized spacial score (nSPS) is 11.0. The van der Waals surface area contributed by atoms with E-state index in [1.165, 1.54) is 50.4 Å². The lowest BCUT2D eigenvalue weighted by atomic mass is 10.1. The molecule has 1 amide bonds. The van der Waals surface area contributed by atoms with Gasteiger partial charge < -0.3 is 15.7 Å². The topological polar surface area (TPSA) is 144 Å². The minimum absolute atomic E-state index is 0.0216. The number of fused-ring (bicyclic) bond motifs is 1. The number of amides is 1.